The molecule has 0 amide bonds. The Morgan fingerprint density at radius 2 is 2.19 bits per heavy atom. The molecule has 92 valence electrons. The van der Waals surface area contributed by atoms with Crippen molar-refractivity contribution in [2.24, 2.45) is 5.73 Å². The van der Waals surface area contributed by atoms with E-state index in [1.807, 2.05) is 11.3 Å². The Kier molecular flexibility index (Phi) is 5.97. The fraction of sp³-hybridized carbons (Fsp3) is 0.667. The minimum Gasteiger partial charge on any atom is -0.326 e. The van der Waals surface area contributed by atoms with Crippen LogP contribution in [0.25, 0.3) is 0 Å². The lowest BCUT2D eigenvalue weighted by Gasteiger charge is -2.17. The van der Waals surface area contributed by atoms with Crippen LogP contribution in [0.1, 0.15) is 31.6 Å². The molecule has 0 aromatic carbocycles. The van der Waals surface area contributed by atoms with Crippen LogP contribution < -0.4 is 11.1 Å². The first-order chi connectivity index (χ1) is 7.47. The fourth-order valence-corrected chi connectivity index (χ4v) is 2.95. The van der Waals surface area contributed by atoms with E-state index >= 15 is 0 Å². The number of thiophene rings is 1. The van der Waals surface area contributed by atoms with Crippen LogP contribution in [0.5, 0.6) is 0 Å². The van der Waals surface area contributed by atoms with Crippen molar-refractivity contribution >= 4 is 27.3 Å². The molecule has 0 spiro atoms. The van der Waals surface area contributed by atoms with Gasteiger partial charge >= 0.3 is 0 Å². The number of nitrogens with one attached hydrogen (secondary N) is 1. The Hall–Kier alpha value is 0.1000. The van der Waals surface area contributed by atoms with Crippen molar-refractivity contribution in [3.05, 3.63) is 20.8 Å². The lowest BCUT2D eigenvalue weighted by molar-refractivity contribution is 0.449. The standard InChI is InChI=1S/C12H21BrN2S/c1-12(2,14)5-3-6-15-7-4-11-8-10(13)9-16-11/h8-9,15H,3-7,14H2,1-2H3. The second kappa shape index (κ2) is 6.74. The smallest absolute Gasteiger partial charge is 0.0285 e. The molecule has 0 saturated carbocycles. The predicted octanol–water partition coefficient (Wildman–Crippen LogP) is 3.16. The number of halogens is 1. The Balaban J connectivity index is 2.00. The summed E-state index contributed by atoms with van der Waals surface area (Å²) in [5.41, 5.74) is 5.89. The zero-order chi connectivity index (χ0) is 12.0. The molecule has 0 aliphatic carbocycles. The van der Waals surface area contributed by atoms with Crippen molar-refractivity contribution in [2.45, 2.75) is 38.6 Å². The SMILES string of the molecule is CC(C)(N)CCCNCCc1cc(Br)cs1. The highest BCUT2D eigenvalue weighted by atomic mass is 79.9. The van der Waals surface area contributed by atoms with Gasteiger partial charge in [-0.3, -0.25) is 0 Å². The van der Waals surface area contributed by atoms with Gasteiger partial charge in [0.25, 0.3) is 0 Å². The summed E-state index contributed by atoms with van der Waals surface area (Å²) in [6.07, 6.45) is 3.34. The maximum absolute atomic E-state index is 5.91. The van der Waals surface area contributed by atoms with E-state index in [-0.39, 0.29) is 5.54 Å². The third kappa shape index (κ3) is 6.63. The normalized spacial score (nSPS) is 12.0. The van der Waals surface area contributed by atoms with E-state index in [9.17, 15) is 0 Å². The minimum atomic E-state index is -0.0275. The summed E-state index contributed by atoms with van der Waals surface area (Å²) >= 11 is 5.27. The Labute approximate surface area is 111 Å². The van der Waals surface area contributed by atoms with Gasteiger partial charge < -0.3 is 11.1 Å². The molecule has 0 unspecified atom stereocenters. The lowest BCUT2D eigenvalue weighted by atomic mass is 10.0. The Morgan fingerprint density at radius 3 is 2.75 bits per heavy atom. The average molecular weight is 305 g/mol. The van der Waals surface area contributed by atoms with Gasteiger partial charge in [0, 0.05) is 20.3 Å². The van der Waals surface area contributed by atoms with Gasteiger partial charge in [0.05, 0.1) is 0 Å². The first-order valence-electron chi connectivity index (χ1n) is 5.70. The molecular formula is C12H21BrN2S. The highest BCUT2D eigenvalue weighted by Gasteiger charge is 2.08. The summed E-state index contributed by atoms with van der Waals surface area (Å²) < 4.78 is 1.19. The molecule has 4 heteroatoms. The number of hydrogen-bond acceptors (Lipinski definition) is 3. The zero-order valence-electron chi connectivity index (χ0n) is 10.1. The second-order valence-electron chi connectivity index (χ2n) is 4.82. The first kappa shape index (κ1) is 14.2. The van der Waals surface area contributed by atoms with E-state index in [4.69, 9.17) is 5.73 Å². The number of rotatable bonds is 7. The van der Waals surface area contributed by atoms with Crippen LogP contribution in [0, 0.1) is 0 Å². The summed E-state index contributed by atoms with van der Waals surface area (Å²) in [5.74, 6) is 0. The van der Waals surface area contributed by atoms with Crippen molar-refractivity contribution in [2.75, 3.05) is 13.1 Å². The molecule has 1 aromatic heterocycles. The third-order valence-electron chi connectivity index (χ3n) is 2.34. The van der Waals surface area contributed by atoms with Crippen LogP contribution in [0.2, 0.25) is 0 Å². The van der Waals surface area contributed by atoms with E-state index in [2.05, 4.69) is 46.5 Å². The van der Waals surface area contributed by atoms with E-state index in [0.29, 0.717) is 0 Å². The van der Waals surface area contributed by atoms with E-state index in [1.165, 1.54) is 9.35 Å². The van der Waals surface area contributed by atoms with Gasteiger partial charge in [0.1, 0.15) is 0 Å². The topological polar surface area (TPSA) is 38.0 Å². The van der Waals surface area contributed by atoms with Crippen LogP contribution in [0.3, 0.4) is 0 Å². The summed E-state index contributed by atoms with van der Waals surface area (Å²) in [6, 6.07) is 2.19. The van der Waals surface area contributed by atoms with Gasteiger partial charge in [-0.05, 0) is 68.2 Å². The summed E-state index contributed by atoms with van der Waals surface area (Å²) in [6.45, 7) is 6.28. The Morgan fingerprint density at radius 1 is 1.44 bits per heavy atom. The van der Waals surface area contributed by atoms with Crippen molar-refractivity contribution < 1.29 is 0 Å². The van der Waals surface area contributed by atoms with Crippen molar-refractivity contribution in [3.8, 4) is 0 Å². The van der Waals surface area contributed by atoms with Crippen molar-refractivity contribution in [1.29, 1.82) is 0 Å². The molecule has 0 aliphatic rings. The van der Waals surface area contributed by atoms with E-state index in [0.717, 1.165) is 32.4 Å². The van der Waals surface area contributed by atoms with Crippen molar-refractivity contribution in [3.63, 3.8) is 0 Å². The third-order valence-corrected chi connectivity index (χ3v) is 4.10. The second-order valence-corrected chi connectivity index (χ2v) is 6.73. The van der Waals surface area contributed by atoms with Crippen LogP contribution >= 0.6 is 27.3 Å². The van der Waals surface area contributed by atoms with E-state index < -0.39 is 0 Å². The maximum atomic E-state index is 5.91. The van der Waals surface area contributed by atoms with Gasteiger partial charge in [0.2, 0.25) is 0 Å². The summed E-state index contributed by atoms with van der Waals surface area (Å²) in [5, 5.41) is 5.58. The molecule has 16 heavy (non-hydrogen) atoms. The predicted molar refractivity (Wildman–Crippen MR) is 76.1 cm³/mol. The van der Waals surface area contributed by atoms with Crippen LogP contribution in [0.15, 0.2) is 15.9 Å². The molecule has 2 nitrogen and oxygen atoms in total. The molecule has 0 saturated heterocycles. The number of hydrogen-bond donors (Lipinski definition) is 2. The van der Waals surface area contributed by atoms with Crippen molar-refractivity contribution in [1.82, 2.24) is 5.32 Å². The minimum absolute atomic E-state index is 0.0275. The average Bonchev–Trinajstić information content (AvgIpc) is 2.56. The summed E-state index contributed by atoms with van der Waals surface area (Å²) in [7, 11) is 0. The highest BCUT2D eigenvalue weighted by Crippen LogP contribution is 2.19. The van der Waals surface area contributed by atoms with Crippen LogP contribution in [-0.2, 0) is 6.42 Å². The molecular weight excluding hydrogens is 284 g/mol. The van der Waals surface area contributed by atoms with Gasteiger partial charge in [0.15, 0.2) is 0 Å². The molecule has 0 radical (unpaired) electrons. The molecule has 0 aliphatic heterocycles. The van der Waals surface area contributed by atoms with Crippen LogP contribution in [0.4, 0.5) is 0 Å². The van der Waals surface area contributed by atoms with E-state index in [1.54, 1.807) is 0 Å². The monoisotopic (exact) mass is 304 g/mol. The summed E-state index contributed by atoms with van der Waals surface area (Å²) in [4.78, 5) is 1.43. The van der Waals surface area contributed by atoms with Gasteiger partial charge in [-0.2, -0.15) is 0 Å². The maximum Gasteiger partial charge on any atom is 0.0285 e. The molecule has 0 atom stereocenters. The molecule has 0 bridgehead atoms. The van der Waals surface area contributed by atoms with Crippen LogP contribution in [-0.4, -0.2) is 18.6 Å². The lowest BCUT2D eigenvalue weighted by Crippen LogP contribution is -2.33. The number of nitrogens with two attached hydrogens (primary N) is 1. The Bertz CT molecular complexity index is 304. The molecule has 1 aromatic rings. The van der Waals surface area contributed by atoms with Gasteiger partial charge in [-0.15, -0.1) is 11.3 Å². The molecule has 1 rings (SSSR count). The highest BCUT2D eigenvalue weighted by molar-refractivity contribution is 9.10. The fourth-order valence-electron chi connectivity index (χ4n) is 1.49. The molecule has 1 heterocycles. The first-order valence-corrected chi connectivity index (χ1v) is 7.37. The zero-order valence-corrected chi connectivity index (χ0v) is 12.5. The quantitative estimate of drug-likeness (QED) is 0.759. The largest absolute Gasteiger partial charge is 0.326 e. The molecule has 3 N–H and O–H groups in total. The van der Waals surface area contributed by atoms with Gasteiger partial charge in [-0.1, -0.05) is 0 Å². The van der Waals surface area contributed by atoms with Gasteiger partial charge in [-0.25, -0.2) is 0 Å². The molecule has 0 fully saturated rings.